The Morgan fingerprint density at radius 2 is 1.80 bits per heavy atom. The van der Waals surface area contributed by atoms with Crippen LogP contribution in [0, 0.1) is 5.92 Å². The van der Waals surface area contributed by atoms with Crippen LogP contribution in [0.15, 0.2) is 35.5 Å². The highest BCUT2D eigenvalue weighted by Gasteiger charge is 2.47. The van der Waals surface area contributed by atoms with Crippen LogP contribution in [0.5, 0.6) is 0 Å². The Morgan fingerprint density at radius 1 is 1.20 bits per heavy atom. The van der Waals surface area contributed by atoms with Gasteiger partial charge in [0.05, 0.1) is 11.8 Å². The van der Waals surface area contributed by atoms with E-state index >= 15 is 0 Å². The average molecular weight is 276 g/mol. The van der Waals surface area contributed by atoms with Gasteiger partial charge in [-0.15, -0.1) is 0 Å². The van der Waals surface area contributed by atoms with Gasteiger partial charge in [0.2, 0.25) is 0 Å². The number of aliphatic hydroxyl groups is 1. The Hall–Kier alpha value is -1.39. The molecule has 1 heterocycles. The van der Waals surface area contributed by atoms with Gasteiger partial charge in [0.25, 0.3) is 0 Å². The van der Waals surface area contributed by atoms with Crippen molar-refractivity contribution >= 4 is 5.71 Å². The minimum Gasteiger partial charge on any atom is -0.411 e. The number of hydrogen-bond acceptors (Lipinski definition) is 4. The van der Waals surface area contributed by atoms with E-state index in [1.807, 2.05) is 44.2 Å². The maximum Gasteiger partial charge on any atom is 0.0889 e. The zero-order valence-electron chi connectivity index (χ0n) is 12.6. The smallest absolute Gasteiger partial charge is 0.0889 e. The molecule has 110 valence electrons. The van der Waals surface area contributed by atoms with Gasteiger partial charge in [0, 0.05) is 23.4 Å². The predicted molar refractivity (Wildman–Crippen MR) is 80.0 cm³/mol. The van der Waals surface area contributed by atoms with E-state index in [0.717, 1.165) is 5.56 Å². The fraction of sp³-hybridized carbons (Fsp3) is 0.562. The van der Waals surface area contributed by atoms with Crippen LogP contribution in [0.2, 0.25) is 0 Å². The number of piperidine rings is 1. The molecule has 0 aromatic heterocycles. The Labute approximate surface area is 120 Å². The molecule has 0 spiro atoms. The molecule has 2 rings (SSSR count). The molecule has 0 aliphatic carbocycles. The fourth-order valence-electron chi connectivity index (χ4n) is 3.49. The zero-order valence-corrected chi connectivity index (χ0v) is 12.6. The van der Waals surface area contributed by atoms with Crippen molar-refractivity contribution in [1.29, 1.82) is 0 Å². The van der Waals surface area contributed by atoms with Crippen molar-refractivity contribution in [1.82, 2.24) is 5.32 Å². The molecule has 0 radical (unpaired) electrons. The monoisotopic (exact) mass is 276 g/mol. The molecule has 1 aromatic carbocycles. The Morgan fingerprint density at radius 3 is 2.35 bits per heavy atom. The summed E-state index contributed by atoms with van der Waals surface area (Å²) in [5.74, 6) is -0.261. The molecule has 0 amide bonds. The molecular weight excluding hydrogens is 252 g/mol. The number of benzene rings is 1. The van der Waals surface area contributed by atoms with Crippen molar-refractivity contribution in [3.63, 3.8) is 0 Å². The summed E-state index contributed by atoms with van der Waals surface area (Å²) in [6, 6.07) is 9.53. The van der Waals surface area contributed by atoms with E-state index in [1.165, 1.54) is 0 Å². The second-order valence-corrected chi connectivity index (χ2v) is 6.83. The maximum atomic E-state index is 10.7. The summed E-state index contributed by atoms with van der Waals surface area (Å²) < 4.78 is 0. The van der Waals surface area contributed by atoms with Crippen LogP contribution >= 0.6 is 0 Å². The summed E-state index contributed by atoms with van der Waals surface area (Å²) in [7, 11) is 0. The Balaban J connectivity index is 2.38. The molecule has 1 aliphatic heterocycles. The van der Waals surface area contributed by atoms with Gasteiger partial charge in [-0.25, -0.2) is 0 Å². The highest BCUT2D eigenvalue weighted by molar-refractivity contribution is 5.90. The maximum absolute atomic E-state index is 10.7. The summed E-state index contributed by atoms with van der Waals surface area (Å²) in [5, 5.41) is 27.1. The third kappa shape index (κ3) is 2.86. The number of rotatable bonds is 2. The standard InChI is InChI=1S/C16H24N2O2/c1-15(2)10-12(17-20)13(16(3,4)18-15)14(19)11-8-6-5-7-9-11/h5-9,13-14,18-20H,10H2,1-4H3/b17-12+/t13-,14-/m0/s1. The molecule has 3 N–H and O–H groups in total. The minimum atomic E-state index is -0.694. The van der Waals surface area contributed by atoms with E-state index in [9.17, 15) is 10.3 Å². The third-order valence-electron chi connectivity index (χ3n) is 4.01. The lowest BCUT2D eigenvalue weighted by atomic mass is 9.69. The molecule has 4 nitrogen and oxygen atoms in total. The van der Waals surface area contributed by atoms with Crippen molar-refractivity contribution in [2.75, 3.05) is 0 Å². The van der Waals surface area contributed by atoms with Crippen LogP contribution < -0.4 is 5.32 Å². The van der Waals surface area contributed by atoms with Crippen LogP contribution in [-0.2, 0) is 0 Å². The van der Waals surface area contributed by atoms with Crippen molar-refractivity contribution in [2.45, 2.75) is 51.3 Å². The van der Waals surface area contributed by atoms with Crippen LogP contribution in [0.4, 0.5) is 0 Å². The average Bonchev–Trinajstić information content (AvgIpc) is 2.36. The molecule has 1 saturated heterocycles. The van der Waals surface area contributed by atoms with Crippen LogP contribution in [-0.4, -0.2) is 27.1 Å². The lowest BCUT2D eigenvalue weighted by Gasteiger charge is -2.49. The molecular formula is C16H24N2O2. The Kier molecular flexibility index (Phi) is 3.89. The van der Waals surface area contributed by atoms with Crippen LogP contribution in [0.3, 0.4) is 0 Å². The normalized spacial score (nSPS) is 28.2. The van der Waals surface area contributed by atoms with Gasteiger partial charge in [-0.3, -0.25) is 0 Å². The van der Waals surface area contributed by atoms with Gasteiger partial charge in [-0.1, -0.05) is 35.5 Å². The Bertz CT molecular complexity index is 494. The molecule has 4 heteroatoms. The van der Waals surface area contributed by atoms with Gasteiger partial charge in [0.15, 0.2) is 0 Å². The summed E-state index contributed by atoms with van der Waals surface area (Å²) in [4.78, 5) is 0. The lowest BCUT2D eigenvalue weighted by molar-refractivity contribution is 0.0629. The molecule has 0 unspecified atom stereocenters. The topological polar surface area (TPSA) is 64.9 Å². The number of aliphatic hydroxyl groups excluding tert-OH is 1. The number of oxime groups is 1. The molecule has 0 bridgehead atoms. The number of hydrogen-bond donors (Lipinski definition) is 3. The highest BCUT2D eigenvalue weighted by atomic mass is 16.4. The number of nitrogens with zero attached hydrogens (tertiary/aromatic N) is 1. The highest BCUT2D eigenvalue weighted by Crippen LogP contribution is 2.39. The van der Waals surface area contributed by atoms with Gasteiger partial charge >= 0.3 is 0 Å². The quantitative estimate of drug-likeness (QED) is 0.575. The first-order chi connectivity index (χ1) is 9.27. The molecule has 1 aliphatic rings. The van der Waals surface area contributed by atoms with Gasteiger partial charge in [-0.05, 0) is 33.3 Å². The van der Waals surface area contributed by atoms with E-state index in [1.54, 1.807) is 0 Å². The van der Waals surface area contributed by atoms with E-state index in [2.05, 4.69) is 24.3 Å². The van der Waals surface area contributed by atoms with Crippen LogP contribution in [0.25, 0.3) is 0 Å². The summed E-state index contributed by atoms with van der Waals surface area (Å²) in [6.07, 6.45) is -0.0812. The van der Waals surface area contributed by atoms with Crippen molar-refractivity contribution in [2.24, 2.45) is 11.1 Å². The molecule has 20 heavy (non-hydrogen) atoms. The van der Waals surface area contributed by atoms with E-state index < -0.39 is 6.10 Å². The van der Waals surface area contributed by atoms with Gasteiger partial charge in [-0.2, -0.15) is 0 Å². The first kappa shape index (κ1) is 15.0. The fourth-order valence-corrected chi connectivity index (χ4v) is 3.49. The van der Waals surface area contributed by atoms with E-state index in [4.69, 9.17) is 0 Å². The predicted octanol–water partition coefficient (Wildman–Crippen LogP) is 2.72. The van der Waals surface area contributed by atoms with Gasteiger partial charge in [0.1, 0.15) is 0 Å². The van der Waals surface area contributed by atoms with Crippen molar-refractivity contribution < 1.29 is 10.3 Å². The first-order valence-corrected chi connectivity index (χ1v) is 7.00. The molecule has 1 aromatic rings. The second-order valence-electron chi connectivity index (χ2n) is 6.83. The lowest BCUT2D eigenvalue weighted by Crippen LogP contribution is -2.64. The largest absolute Gasteiger partial charge is 0.411 e. The van der Waals surface area contributed by atoms with E-state index in [-0.39, 0.29) is 17.0 Å². The summed E-state index contributed by atoms with van der Waals surface area (Å²) in [6.45, 7) is 8.22. The summed E-state index contributed by atoms with van der Waals surface area (Å²) >= 11 is 0. The zero-order chi connectivity index (χ0) is 15.0. The van der Waals surface area contributed by atoms with E-state index in [0.29, 0.717) is 12.1 Å². The molecule has 2 atom stereocenters. The molecule has 0 saturated carbocycles. The third-order valence-corrected chi connectivity index (χ3v) is 4.01. The number of nitrogens with one attached hydrogen (secondary N) is 1. The van der Waals surface area contributed by atoms with Crippen LogP contribution in [0.1, 0.15) is 45.8 Å². The van der Waals surface area contributed by atoms with Crippen molar-refractivity contribution in [3.8, 4) is 0 Å². The molecule has 1 fully saturated rings. The van der Waals surface area contributed by atoms with Gasteiger partial charge < -0.3 is 15.6 Å². The second kappa shape index (κ2) is 5.19. The summed E-state index contributed by atoms with van der Waals surface area (Å²) in [5.41, 5.74) is 0.972. The first-order valence-electron chi connectivity index (χ1n) is 7.00. The minimum absolute atomic E-state index is 0.155. The SMILES string of the molecule is CC1(C)C/C(=N\O)[C@@H]([C@@H](O)c2ccccc2)C(C)(C)N1. The van der Waals surface area contributed by atoms with Crippen molar-refractivity contribution in [3.05, 3.63) is 35.9 Å².